The minimum atomic E-state index is -0.396. The molecular weight excluding hydrogens is 248 g/mol. The van der Waals surface area contributed by atoms with Crippen LogP contribution in [0.4, 0.5) is 0 Å². The Hall–Kier alpha value is -1.49. The Morgan fingerprint density at radius 2 is 1.95 bits per heavy atom. The predicted molar refractivity (Wildman–Crippen MR) is 87.3 cm³/mol. The van der Waals surface area contributed by atoms with Crippen molar-refractivity contribution in [3.8, 4) is 12.3 Å². The highest BCUT2D eigenvalue weighted by Crippen LogP contribution is 2.15. The van der Waals surface area contributed by atoms with E-state index in [1.807, 2.05) is 6.08 Å². The zero-order valence-electron chi connectivity index (χ0n) is 12.4. The molecule has 0 aromatic carbocycles. The topological polar surface area (TPSA) is 26.3 Å². The van der Waals surface area contributed by atoms with Gasteiger partial charge in [0, 0.05) is 6.08 Å². The molecule has 0 aromatic rings. The number of rotatable bonds is 9. The van der Waals surface area contributed by atoms with Crippen molar-refractivity contribution < 1.29 is 9.53 Å². The van der Waals surface area contributed by atoms with Crippen LogP contribution in [0.1, 0.15) is 53.9 Å². The summed E-state index contributed by atoms with van der Waals surface area (Å²) in [6.45, 7) is 6.80. The fraction of sp³-hybridized carbons (Fsp3) is 0.611. The molecule has 114 valence electrons. The summed E-state index contributed by atoms with van der Waals surface area (Å²) in [5.41, 5.74) is 0. The molecule has 0 saturated carbocycles. The lowest BCUT2D eigenvalue weighted by atomic mass is 9.97. The van der Waals surface area contributed by atoms with Crippen molar-refractivity contribution in [3.63, 3.8) is 0 Å². The molecule has 2 heteroatoms. The van der Waals surface area contributed by atoms with E-state index in [0.29, 0.717) is 5.92 Å². The van der Waals surface area contributed by atoms with Crippen LogP contribution < -0.4 is 0 Å². The van der Waals surface area contributed by atoms with Gasteiger partial charge in [0.2, 0.25) is 0 Å². The van der Waals surface area contributed by atoms with Gasteiger partial charge in [-0.1, -0.05) is 71.6 Å². The van der Waals surface area contributed by atoms with Gasteiger partial charge >= 0.3 is 5.97 Å². The summed E-state index contributed by atoms with van der Waals surface area (Å²) in [4.78, 5) is 11.1. The molecule has 0 fully saturated rings. The lowest BCUT2D eigenvalue weighted by molar-refractivity contribution is -0.136. The van der Waals surface area contributed by atoms with Crippen molar-refractivity contribution in [2.75, 3.05) is 6.61 Å². The minimum Gasteiger partial charge on any atom is -0.449 e. The standard InChI is InChI=1S/C17H26O2.CH4/c1-5-14-19-17(18)13-8-6-7-11-16(4)12-9-10-15(2)3;/h1,6-8,13,15-16H,9-12,14H2,2-4H3;1H4/b7-6+,13-8+;. The molecule has 0 aromatic heterocycles. The van der Waals surface area contributed by atoms with E-state index < -0.39 is 5.97 Å². The molecule has 0 bridgehead atoms. The lowest BCUT2D eigenvalue weighted by Gasteiger charge is -2.09. The Morgan fingerprint density at radius 1 is 1.25 bits per heavy atom. The third-order valence-corrected chi connectivity index (χ3v) is 2.79. The maximum absolute atomic E-state index is 11.1. The summed E-state index contributed by atoms with van der Waals surface area (Å²) in [7, 11) is 0. The van der Waals surface area contributed by atoms with Crippen LogP contribution in [0.25, 0.3) is 0 Å². The lowest BCUT2D eigenvalue weighted by Crippen LogP contribution is -1.99. The van der Waals surface area contributed by atoms with Gasteiger partial charge in [0.15, 0.2) is 6.61 Å². The van der Waals surface area contributed by atoms with Crippen LogP contribution in [-0.2, 0) is 9.53 Å². The van der Waals surface area contributed by atoms with Crippen LogP contribution in [0.15, 0.2) is 24.3 Å². The van der Waals surface area contributed by atoms with Crippen molar-refractivity contribution in [2.24, 2.45) is 11.8 Å². The quantitative estimate of drug-likeness (QED) is 0.263. The highest BCUT2D eigenvalue weighted by molar-refractivity contribution is 5.82. The minimum absolute atomic E-state index is 0. The zero-order chi connectivity index (χ0) is 14.5. The number of allylic oxidation sites excluding steroid dienone is 3. The Kier molecular flexibility index (Phi) is 14.5. The Balaban J connectivity index is 0. The first-order chi connectivity index (χ1) is 9.06. The van der Waals surface area contributed by atoms with Crippen molar-refractivity contribution in [2.45, 2.75) is 53.9 Å². The molecule has 0 N–H and O–H groups in total. The second-order valence-corrected chi connectivity index (χ2v) is 5.26. The molecule has 20 heavy (non-hydrogen) atoms. The number of hydrogen-bond donors (Lipinski definition) is 0. The molecule has 0 spiro atoms. The molecule has 0 aliphatic heterocycles. The van der Waals surface area contributed by atoms with E-state index >= 15 is 0 Å². The fourth-order valence-electron chi connectivity index (χ4n) is 1.68. The fourth-order valence-corrected chi connectivity index (χ4v) is 1.68. The molecule has 1 unspecified atom stereocenters. The van der Waals surface area contributed by atoms with Gasteiger partial charge in [-0.05, 0) is 18.3 Å². The monoisotopic (exact) mass is 278 g/mol. The van der Waals surface area contributed by atoms with Gasteiger partial charge in [-0.25, -0.2) is 4.79 Å². The zero-order valence-corrected chi connectivity index (χ0v) is 12.4. The van der Waals surface area contributed by atoms with E-state index in [-0.39, 0.29) is 14.0 Å². The molecule has 0 radical (unpaired) electrons. The summed E-state index contributed by atoms with van der Waals surface area (Å²) in [6, 6.07) is 0. The maximum atomic E-state index is 11.1. The normalized spacial score (nSPS) is 12.3. The largest absolute Gasteiger partial charge is 0.449 e. The molecule has 0 amide bonds. The first-order valence-corrected chi connectivity index (χ1v) is 6.99. The van der Waals surface area contributed by atoms with Crippen LogP contribution in [0.3, 0.4) is 0 Å². The molecule has 1 atom stereocenters. The third-order valence-electron chi connectivity index (χ3n) is 2.79. The van der Waals surface area contributed by atoms with E-state index in [4.69, 9.17) is 11.2 Å². The van der Waals surface area contributed by atoms with Crippen molar-refractivity contribution in [1.82, 2.24) is 0 Å². The molecule has 2 nitrogen and oxygen atoms in total. The summed E-state index contributed by atoms with van der Waals surface area (Å²) in [5.74, 6) is 3.33. The van der Waals surface area contributed by atoms with Crippen LogP contribution in [0.2, 0.25) is 0 Å². The number of terminal acetylenes is 1. The van der Waals surface area contributed by atoms with Gasteiger partial charge in [0.1, 0.15) is 0 Å². The van der Waals surface area contributed by atoms with Crippen molar-refractivity contribution in [3.05, 3.63) is 24.3 Å². The van der Waals surface area contributed by atoms with E-state index in [0.717, 1.165) is 12.3 Å². The first kappa shape index (κ1) is 20.8. The molecule has 0 aliphatic carbocycles. The summed E-state index contributed by atoms with van der Waals surface area (Å²) < 4.78 is 4.70. The van der Waals surface area contributed by atoms with Gasteiger partial charge in [0.25, 0.3) is 0 Å². The molecule has 0 heterocycles. The van der Waals surface area contributed by atoms with E-state index in [2.05, 4.69) is 32.8 Å². The number of esters is 1. The Labute approximate surface area is 125 Å². The van der Waals surface area contributed by atoms with Gasteiger partial charge in [-0.15, -0.1) is 6.42 Å². The third kappa shape index (κ3) is 14.6. The SMILES string of the molecule is C.C#CCOC(=O)/C=C/C=C/CC(C)CCCC(C)C. The van der Waals surface area contributed by atoms with Crippen LogP contribution in [-0.4, -0.2) is 12.6 Å². The smallest absolute Gasteiger partial charge is 0.331 e. The summed E-state index contributed by atoms with van der Waals surface area (Å²) in [5, 5.41) is 0. The predicted octanol–water partition coefficient (Wildman–Crippen LogP) is 4.76. The Bertz CT molecular complexity index is 332. The highest BCUT2D eigenvalue weighted by Gasteiger charge is 2.00. The molecule has 0 rings (SSSR count). The van der Waals surface area contributed by atoms with Crippen molar-refractivity contribution >= 4 is 5.97 Å². The van der Waals surface area contributed by atoms with E-state index in [1.165, 1.54) is 25.3 Å². The molecule has 0 aliphatic rings. The average molecular weight is 278 g/mol. The maximum Gasteiger partial charge on any atom is 0.331 e. The van der Waals surface area contributed by atoms with Crippen LogP contribution in [0.5, 0.6) is 0 Å². The Morgan fingerprint density at radius 3 is 2.55 bits per heavy atom. The molecular formula is C18H30O2. The number of ether oxygens (including phenoxy) is 1. The van der Waals surface area contributed by atoms with Crippen LogP contribution in [0, 0.1) is 24.2 Å². The van der Waals surface area contributed by atoms with Crippen molar-refractivity contribution in [1.29, 1.82) is 0 Å². The van der Waals surface area contributed by atoms with Gasteiger partial charge in [-0.3, -0.25) is 0 Å². The molecule has 0 saturated heterocycles. The van der Waals surface area contributed by atoms with E-state index in [1.54, 1.807) is 6.08 Å². The average Bonchev–Trinajstić information content (AvgIpc) is 2.35. The van der Waals surface area contributed by atoms with Gasteiger partial charge < -0.3 is 4.74 Å². The number of carbonyl (C=O) groups is 1. The number of carbonyl (C=O) groups excluding carboxylic acids is 1. The second kappa shape index (κ2) is 13.9. The number of hydrogen-bond acceptors (Lipinski definition) is 2. The summed E-state index contributed by atoms with van der Waals surface area (Å²) in [6.07, 6.45) is 16.9. The van der Waals surface area contributed by atoms with Crippen LogP contribution >= 0.6 is 0 Å². The first-order valence-electron chi connectivity index (χ1n) is 6.99. The van der Waals surface area contributed by atoms with Gasteiger partial charge in [0.05, 0.1) is 0 Å². The summed E-state index contributed by atoms with van der Waals surface area (Å²) >= 11 is 0. The van der Waals surface area contributed by atoms with E-state index in [9.17, 15) is 4.79 Å². The second-order valence-electron chi connectivity index (χ2n) is 5.26. The van der Waals surface area contributed by atoms with Gasteiger partial charge in [-0.2, -0.15) is 0 Å². The highest BCUT2D eigenvalue weighted by atomic mass is 16.5.